The maximum atomic E-state index is 14.5. The lowest BCUT2D eigenvalue weighted by Crippen LogP contribution is -2.57. The van der Waals surface area contributed by atoms with Crippen LogP contribution in [0.3, 0.4) is 0 Å². The average Bonchev–Trinajstić information content (AvgIpc) is 3.70. The molecule has 5 atom stereocenters. The number of likely N-dealkylation sites (tertiary alicyclic amines) is 1. The smallest absolute Gasteiger partial charge is 0.408 e. The predicted octanol–water partition coefficient (Wildman–Crippen LogP) is 7.34. The fourth-order valence-electron chi connectivity index (χ4n) is 7.89. The number of Topliss-reactive ketones (excluding diaryl/α,β-unsaturated/α-hetero) is 2. The summed E-state index contributed by atoms with van der Waals surface area (Å²) in [5.41, 5.74) is 3.24. The summed E-state index contributed by atoms with van der Waals surface area (Å²) in [5.74, 6) is -0.373. The molecule has 12 heteroatoms. The predicted molar refractivity (Wildman–Crippen MR) is 242 cm³/mol. The van der Waals surface area contributed by atoms with Crippen molar-refractivity contribution in [3.63, 3.8) is 0 Å². The first-order chi connectivity index (χ1) is 29.2. The van der Waals surface area contributed by atoms with E-state index in [-0.39, 0.29) is 41.4 Å². The third-order valence-corrected chi connectivity index (χ3v) is 11.2. The van der Waals surface area contributed by atoms with Crippen molar-refractivity contribution in [2.75, 3.05) is 13.2 Å². The number of nitrogens with zero attached hydrogens (tertiary/aromatic N) is 1. The number of allylic oxidation sites excluding steroid dienone is 4. The molecule has 1 saturated heterocycles. The van der Waals surface area contributed by atoms with Crippen molar-refractivity contribution in [1.29, 1.82) is 0 Å². The normalized spacial score (nSPS) is 18.1. The number of hydrogen-bond donors (Lipinski definition) is 4. The van der Waals surface area contributed by atoms with Gasteiger partial charge in [0.05, 0.1) is 24.6 Å². The number of benzene rings is 2. The number of ether oxygens (including phenoxy) is 2. The van der Waals surface area contributed by atoms with Gasteiger partial charge in [-0.25, -0.2) is 4.79 Å². The third kappa shape index (κ3) is 14.8. The van der Waals surface area contributed by atoms with E-state index in [4.69, 9.17) is 9.47 Å². The zero-order chi connectivity index (χ0) is 45.7. The van der Waals surface area contributed by atoms with Gasteiger partial charge in [0.2, 0.25) is 11.8 Å². The SMILES string of the molecule is CC1=C(C)C(=O)C(CCCOc2ccc(C[C@H](NC(=O)[C@@H]3CCCN3C(=O)[C@H](/C=C/[C@H](CC(C)C)NC(=O)OC(C)(C)C)Cc3ccccc3)C(O)NC(C)C)cc2)=C(C)C1=O. The molecule has 1 aliphatic heterocycles. The van der Waals surface area contributed by atoms with Crippen LogP contribution in [0.4, 0.5) is 4.79 Å². The van der Waals surface area contributed by atoms with E-state index in [1.54, 1.807) is 25.7 Å². The van der Waals surface area contributed by atoms with Crippen LogP contribution in [0.1, 0.15) is 112 Å². The maximum absolute atomic E-state index is 14.5. The topological polar surface area (TPSA) is 163 Å². The van der Waals surface area contributed by atoms with E-state index in [0.29, 0.717) is 86.1 Å². The lowest BCUT2D eigenvalue weighted by atomic mass is 9.84. The highest BCUT2D eigenvalue weighted by atomic mass is 16.6. The van der Waals surface area contributed by atoms with Crippen LogP contribution in [0.2, 0.25) is 0 Å². The number of alkyl carbamates (subject to hydrolysis) is 1. The highest BCUT2D eigenvalue weighted by molar-refractivity contribution is 6.24. The molecule has 338 valence electrons. The van der Waals surface area contributed by atoms with Crippen molar-refractivity contribution in [1.82, 2.24) is 20.9 Å². The van der Waals surface area contributed by atoms with Gasteiger partial charge in [-0.3, -0.25) is 24.5 Å². The first-order valence-electron chi connectivity index (χ1n) is 22.2. The molecule has 0 radical (unpaired) electrons. The molecule has 2 aromatic carbocycles. The second-order valence-corrected chi connectivity index (χ2v) is 18.4. The van der Waals surface area contributed by atoms with E-state index < -0.39 is 35.9 Å². The molecule has 2 aliphatic rings. The Hall–Kier alpha value is -5.07. The molecule has 1 fully saturated rings. The van der Waals surface area contributed by atoms with E-state index >= 15 is 0 Å². The summed E-state index contributed by atoms with van der Waals surface area (Å²) in [6, 6.07) is 15.3. The van der Waals surface area contributed by atoms with Crippen LogP contribution in [-0.2, 0) is 36.8 Å². The Morgan fingerprint density at radius 3 is 2.13 bits per heavy atom. The van der Waals surface area contributed by atoms with Gasteiger partial charge >= 0.3 is 6.09 Å². The summed E-state index contributed by atoms with van der Waals surface area (Å²) in [5, 5.41) is 20.5. The number of aliphatic hydroxyl groups excluding tert-OH is 1. The van der Waals surface area contributed by atoms with Crippen molar-refractivity contribution >= 4 is 29.5 Å². The van der Waals surface area contributed by atoms with Gasteiger partial charge in [-0.1, -0.05) is 68.5 Å². The largest absolute Gasteiger partial charge is 0.494 e. The monoisotopic (exact) mass is 855 g/mol. The molecule has 2 aromatic rings. The van der Waals surface area contributed by atoms with Crippen LogP contribution >= 0.6 is 0 Å². The van der Waals surface area contributed by atoms with Crippen LogP contribution in [0.5, 0.6) is 5.75 Å². The number of carbonyl (C=O) groups is 5. The minimum absolute atomic E-state index is 0.0647. The molecule has 4 rings (SSSR count). The fourth-order valence-corrected chi connectivity index (χ4v) is 7.89. The first-order valence-corrected chi connectivity index (χ1v) is 22.2. The van der Waals surface area contributed by atoms with Gasteiger partial charge in [-0.2, -0.15) is 0 Å². The zero-order valence-electron chi connectivity index (χ0n) is 38.5. The number of rotatable bonds is 20. The lowest BCUT2D eigenvalue weighted by molar-refractivity contribution is -0.141. The first kappa shape index (κ1) is 49.6. The van der Waals surface area contributed by atoms with Crippen LogP contribution in [-0.4, -0.2) is 88.6 Å². The zero-order valence-corrected chi connectivity index (χ0v) is 38.5. The molecule has 0 aromatic heterocycles. The Kier molecular flexibility index (Phi) is 18.3. The van der Waals surface area contributed by atoms with Crippen molar-refractivity contribution in [2.24, 2.45) is 11.8 Å². The Balaban J connectivity index is 1.45. The summed E-state index contributed by atoms with van der Waals surface area (Å²) in [6.07, 6.45) is 5.65. The average molecular weight is 855 g/mol. The number of amides is 3. The summed E-state index contributed by atoms with van der Waals surface area (Å²) in [4.78, 5) is 68.5. The molecular weight excluding hydrogens is 785 g/mol. The Morgan fingerprint density at radius 2 is 1.50 bits per heavy atom. The van der Waals surface area contributed by atoms with E-state index in [1.807, 2.05) is 101 Å². The van der Waals surface area contributed by atoms with Crippen molar-refractivity contribution in [2.45, 2.75) is 150 Å². The van der Waals surface area contributed by atoms with Crippen molar-refractivity contribution in [3.8, 4) is 5.75 Å². The quantitative estimate of drug-likeness (QED) is 0.0462. The third-order valence-electron chi connectivity index (χ3n) is 11.2. The highest BCUT2D eigenvalue weighted by Gasteiger charge is 2.38. The van der Waals surface area contributed by atoms with Gasteiger partial charge in [0.15, 0.2) is 11.6 Å². The molecule has 1 heterocycles. The Bertz CT molecular complexity index is 1960. The Morgan fingerprint density at radius 1 is 0.855 bits per heavy atom. The standard InChI is InChI=1S/C50H70N4O8/c1-31(2)28-39(52-49(60)62-50(8,9)10)23-22-38(29-36-16-12-11-13-17-36)48(59)54-26-14-19-43(54)47(58)53-42(46(57)51-32(3)4)30-37-20-24-40(25-21-37)61-27-15-18-41-35(7)44(55)33(5)34(6)45(41)56/h11-13,16-17,20-25,31-32,38-39,42-43,46,51,57H,14-15,18-19,26-30H2,1-10H3,(H,52,60)(H,53,58)/b23-22+/t38-,39-,42+,43+,46?/m1/s1. The van der Waals surface area contributed by atoms with Gasteiger partial charge in [-0.15, -0.1) is 0 Å². The van der Waals surface area contributed by atoms with Crippen LogP contribution < -0.4 is 20.7 Å². The number of nitrogens with one attached hydrogen (secondary N) is 3. The van der Waals surface area contributed by atoms with E-state index in [0.717, 1.165) is 11.1 Å². The molecule has 3 amide bonds. The van der Waals surface area contributed by atoms with Crippen molar-refractivity contribution < 1.29 is 38.6 Å². The number of carbonyl (C=O) groups excluding carboxylic acids is 5. The maximum Gasteiger partial charge on any atom is 0.408 e. The summed E-state index contributed by atoms with van der Waals surface area (Å²) in [7, 11) is 0. The molecule has 1 aliphatic carbocycles. The number of ketones is 2. The highest BCUT2D eigenvalue weighted by Crippen LogP contribution is 2.28. The van der Waals surface area contributed by atoms with E-state index in [9.17, 15) is 29.1 Å². The molecule has 0 bridgehead atoms. The number of hydrogen-bond acceptors (Lipinski definition) is 9. The van der Waals surface area contributed by atoms with Crippen LogP contribution in [0.15, 0.2) is 89.0 Å². The fraction of sp³-hybridized carbons (Fsp3) is 0.540. The van der Waals surface area contributed by atoms with E-state index in [1.165, 1.54) is 0 Å². The van der Waals surface area contributed by atoms with Gasteiger partial charge in [-0.05, 0) is 130 Å². The van der Waals surface area contributed by atoms with Crippen LogP contribution in [0, 0.1) is 11.8 Å². The van der Waals surface area contributed by atoms with Crippen LogP contribution in [0.25, 0.3) is 0 Å². The molecule has 0 spiro atoms. The number of aliphatic hydroxyl groups is 1. The summed E-state index contributed by atoms with van der Waals surface area (Å²) >= 11 is 0. The molecule has 62 heavy (non-hydrogen) atoms. The Labute approximate surface area is 369 Å². The minimum Gasteiger partial charge on any atom is -0.494 e. The van der Waals surface area contributed by atoms with Crippen molar-refractivity contribution in [3.05, 3.63) is 100 Å². The molecule has 12 nitrogen and oxygen atoms in total. The summed E-state index contributed by atoms with van der Waals surface area (Å²) in [6.45, 7) is 19.3. The minimum atomic E-state index is -1.07. The lowest BCUT2D eigenvalue weighted by Gasteiger charge is -2.31. The van der Waals surface area contributed by atoms with E-state index in [2.05, 4.69) is 29.8 Å². The van der Waals surface area contributed by atoms with Gasteiger partial charge in [0, 0.05) is 34.9 Å². The molecular formula is C50H70N4O8. The molecule has 1 unspecified atom stereocenters. The second-order valence-electron chi connectivity index (χ2n) is 18.4. The van der Waals surface area contributed by atoms with Gasteiger partial charge < -0.3 is 30.1 Å². The van der Waals surface area contributed by atoms with Gasteiger partial charge in [0.1, 0.15) is 23.6 Å². The summed E-state index contributed by atoms with van der Waals surface area (Å²) < 4.78 is 11.5. The van der Waals surface area contributed by atoms with Gasteiger partial charge in [0.25, 0.3) is 0 Å². The molecule has 0 saturated carbocycles. The molecule has 4 N–H and O–H groups in total. The second kappa shape index (κ2) is 22.9.